The summed E-state index contributed by atoms with van der Waals surface area (Å²) in [4.78, 5) is 4.21. The lowest BCUT2D eigenvalue weighted by molar-refractivity contribution is 0.173. The maximum Gasteiger partial charge on any atom is 0.100 e. The van der Waals surface area contributed by atoms with E-state index in [2.05, 4.69) is 10.4 Å². The maximum atomic E-state index is 10.0. The van der Waals surface area contributed by atoms with Gasteiger partial charge in [-0.15, -0.1) is 0 Å². The highest BCUT2D eigenvalue weighted by Crippen LogP contribution is 2.20. The zero-order chi connectivity index (χ0) is 10.7. The first kappa shape index (κ1) is 10.3. The molecule has 1 atom stereocenters. The van der Waals surface area contributed by atoms with E-state index in [4.69, 9.17) is 0 Å². The van der Waals surface area contributed by atoms with Crippen molar-refractivity contribution in [3.8, 4) is 0 Å². The quantitative estimate of drug-likeness (QED) is 0.861. The normalized spacial score (nSPS) is 12.7. The summed E-state index contributed by atoms with van der Waals surface area (Å²) in [5, 5.41) is 14.1. The van der Waals surface area contributed by atoms with E-state index in [1.165, 1.54) is 0 Å². The van der Waals surface area contributed by atoms with Gasteiger partial charge in [0.25, 0.3) is 0 Å². The van der Waals surface area contributed by atoms with Crippen LogP contribution in [0.2, 0.25) is 0 Å². The molecule has 0 radical (unpaired) electrons. The van der Waals surface area contributed by atoms with Gasteiger partial charge < -0.3 is 5.11 Å². The molecule has 2 nitrogen and oxygen atoms in total. The molecule has 0 aromatic carbocycles. The van der Waals surface area contributed by atoms with E-state index in [1.54, 1.807) is 17.5 Å². The SMILES string of the molecule is Cc1cccnc1C(O)Cc1ccsc1. The van der Waals surface area contributed by atoms with Crippen molar-refractivity contribution in [2.24, 2.45) is 0 Å². The fourth-order valence-corrected chi connectivity index (χ4v) is 2.26. The van der Waals surface area contributed by atoms with Gasteiger partial charge in [-0.25, -0.2) is 0 Å². The number of hydrogen-bond acceptors (Lipinski definition) is 3. The Labute approximate surface area is 93.2 Å². The van der Waals surface area contributed by atoms with Gasteiger partial charge in [-0.1, -0.05) is 6.07 Å². The largest absolute Gasteiger partial charge is 0.386 e. The lowest BCUT2D eigenvalue weighted by atomic mass is 10.0. The molecule has 1 N–H and O–H groups in total. The van der Waals surface area contributed by atoms with Crippen LogP contribution >= 0.6 is 11.3 Å². The fourth-order valence-electron chi connectivity index (χ4n) is 1.58. The Morgan fingerprint density at radius 2 is 2.33 bits per heavy atom. The molecule has 78 valence electrons. The summed E-state index contributed by atoms with van der Waals surface area (Å²) in [6.07, 6.45) is 1.86. The standard InChI is InChI=1S/C12H13NOS/c1-9-3-2-5-13-12(9)11(14)7-10-4-6-15-8-10/h2-6,8,11,14H,7H2,1H3. The fraction of sp³-hybridized carbons (Fsp3) is 0.250. The summed E-state index contributed by atoms with van der Waals surface area (Å²) in [5.74, 6) is 0. The lowest BCUT2D eigenvalue weighted by Crippen LogP contribution is -2.05. The summed E-state index contributed by atoms with van der Waals surface area (Å²) in [6, 6.07) is 5.89. The monoisotopic (exact) mass is 219 g/mol. The molecule has 1 unspecified atom stereocenters. The molecule has 0 amide bonds. The molecule has 0 bridgehead atoms. The van der Waals surface area contributed by atoms with Gasteiger partial charge in [0, 0.05) is 12.6 Å². The van der Waals surface area contributed by atoms with Gasteiger partial charge in [-0.2, -0.15) is 11.3 Å². The minimum atomic E-state index is -0.499. The molecule has 0 spiro atoms. The summed E-state index contributed by atoms with van der Waals surface area (Å²) in [5.41, 5.74) is 2.99. The topological polar surface area (TPSA) is 33.1 Å². The molecule has 0 saturated heterocycles. The van der Waals surface area contributed by atoms with Crippen molar-refractivity contribution in [1.29, 1.82) is 0 Å². The number of aromatic nitrogens is 1. The summed E-state index contributed by atoms with van der Waals surface area (Å²) < 4.78 is 0. The van der Waals surface area contributed by atoms with Crippen molar-refractivity contribution >= 4 is 11.3 Å². The Morgan fingerprint density at radius 3 is 3.00 bits per heavy atom. The molecule has 15 heavy (non-hydrogen) atoms. The molecule has 2 aromatic rings. The first-order chi connectivity index (χ1) is 7.27. The van der Waals surface area contributed by atoms with E-state index >= 15 is 0 Å². The molecule has 3 heteroatoms. The van der Waals surface area contributed by atoms with Crippen LogP contribution in [0, 0.1) is 6.92 Å². The summed E-state index contributed by atoms with van der Waals surface area (Å²) in [6.45, 7) is 1.97. The highest BCUT2D eigenvalue weighted by molar-refractivity contribution is 7.07. The first-order valence-corrected chi connectivity index (χ1v) is 5.82. The van der Waals surface area contributed by atoms with Gasteiger partial charge >= 0.3 is 0 Å². The lowest BCUT2D eigenvalue weighted by Gasteiger charge is -2.11. The van der Waals surface area contributed by atoms with Crippen LogP contribution in [0.5, 0.6) is 0 Å². The second kappa shape index (κ2) is 4.55. The second-order valence-electron chi connectivity index (χ2n) is 3.56. The molecule has 2 rings (SSSR count). The second-order valence-corrected chi connectivity index (χ2v) is 4.34. The Balaban J connectivity index is 2.15. The van der Waals surface area contributed by atoms with Crippen molar-refractivity contribution in [1.82, 2.24) is 4.98 Å². The first-order valence-electron chi connectivity index (χ1n) is 4.88. The van der Waals surface area contributed by atoms with Gasteiger partial charge in [0.1, 0.15) is 6.10 Å². The number of hydrogen-bond donors (Lipinski definition) is 1. The Kier molecular flexibility index (Phi) is 3.14. The van der Waals surface area contributed by atoms with E-state index in [9.17, 15) is 5.11 Å². The average molecular weight is 219 g/mol. The molecule has 0 aliphatic carbocycles. The van der Waals surface area contributed by atoms with Crippen molar-refractivity contribution in [2.45, 2.75) is 19.4 Å². The highest BCUT2D eigenvalue weighted by atomic mass is 32.1. The van der Waals surface area contributed by atoms with Gasteiger partial charge in [0.2, 0.25) is 0 Å². The molecular weight excluding hydrogens is 206 g/mol. The summed E-state index contributed by atoms with van der Waals surface area (Å²) in [7, 11) is 0. The van der Waals surface area contributed by atoms with Crippen LogP contribution in [-0.4, -0.2) is 10.1 Å². The molecule has 0 aliphatic rings. The molecule has 0 saturated carbocycles. The minimum absolute atomic E-state index is 0.499. The van der Waals surface area contributed by atoms with Crippen LogP contribution in [0.3, 0.4) is 0 Å². The molecule has 2 heterocycles. The van der Waals surface area contributed by atoms with Gasteiger partial charge in [-0.3, -0.25) is 4.98 Å². The van der Waals surface area contributed by atoms with Crippen LogP contribution in [0.1, 0.15) is 22.9 Å². The van der Waals surface area contributed by atoms with Gasteiger partial charge in [-0.05, 0) is 40.9 Å². The number of rotatable bonds is 3. The third kappa shape index (κ3) is 2.43. The average Bonchev–Trinajstić information content (AvgIpc) is 2.71. The van der Waals surface area contributed by atoms with Crippen LogP contribution in [0.25, 0.3) is 0 Å². The highest BCUT2D eigenvalue weighted by Gasteiger charge is 2.12. The third-order valence-electron chi connectivity index (χ3n) is 2.37. The predicted molar refractivity (Wildman–Crippen MR) is 62.0 cm³/mol. The predicted octanol–water partition coefficient (Wildman–Crippen LogP) is 2.73. The molecular formula is C12H13NOS. The Morgan fingerprint density at radius 1 is 1.47 bits per heavy atom. The van der Waals surface area contributed by atoms with Crippen LogP contribution in [-0.2, 0) is 6.42 Å². The van der Waals surface area contributed by atoms with Crippen molar-refractivity contribution in [2.75, 3.05) is 0 Å². The van der Waals surface area contributed by atoms with E-state index in [1.807, 2.05) is 30.5 Å². The molecule has 2 aromatic heterocycles. The third-order valence-corrected chi connectivity index (χ3v) is 3.11. The number of aliphatic hydroxyl groups is 1. The maximum absolute atomic E-state index is 10.0. The van der Waals surface area contributed by atoms with Crippen molar-refractivity contribution < 1.29 is 5.11 Å². The minimum Gasteiger partial charge on any atom is -0.386 e. The van der Waals surface area contributed by atoms with Gasteiger partial charge in [0.15, 0.2) is 0 Å². The number of thiophene rings is 1. The Hall–Kier alpha value is -1.19. The summed E-state index contributed by atoms with van der Waals surface area (Å²) >= 11 is 1.65. The van der Waals surface area contributed by atoms with Crippen LogP contribution < -0.4 is 0 Å². The van der Waals surface area contributed by atoms with Crippen molar-refractivity contribution in [3.05, 3.63) is 52.0 Å². The number of aliphatic hydroxyl groups excluding tert-OH is 1. The van der Waals surface area contributed by atoms with E-state index in [0.717, 1.165) is 16.8 Å². The van der Waals surface area contributed by atoms with Crippen molar-refractivity contribution in [3.63, 3.8) is 0 Å². The number of pyridine rings is 1. The number of aryl methyl sites for hydroxylation is 1. The van der Waals surface area contributed by atoms with E-state index in [0.29, 0.717) is 6.42 Å². The van der Waals surface area contributed by atoms with Gasteiger partial charge in [0.05, 0.1) is 5.69 Å². The smallest absolute Gasteiger partial charge is 0.100 e. The number of nitrogens with zero attached hydrogens (tertiary/aromatic N) is 1. The molecule has 0 fully saturated rings. The van der Waals surface area contributed by atoms with E-state index in [-0.39, 0.29) is 0 Å². The Bertz CT molecular complexity index is 425. The zero-order valence-electron chi connectivity index (χ0n) is 8.55. The van der Waals surface area contributed by atoms with E-state index < -0.39 is 6.10 Å². The zero-order valence-corrected chi connectivity index (χ0v) is 9.37. The van der Waals surface area contributed by atoms with Crippen LogP contribution in [0.15, 0.2) is 35.2 Å². The molecule has 0 aliphatic heterocycles. The van der Waals surface area contributed by atoms with Crippen LogP contribution in [0.4, 0.5) is 0 Å².